The Kier molecular flexibility index (Phi) is 6.84. The summed E-state index contributed by atoms with van der Waals surface area (Å²) >= 11 is 0. The minimum absolute atomic E-state index is 0.444. The predicted octanol–water partition coefficient (Wildman–Crippen LogP) is 3.87. The highest BCUT2D eigenvalue weighted by Gasteiger charge is 2.22. The fourth-order valence-electron chi connectivity index (χ4n) is 2.75. The first kappa shape index (κ1) is 19.9. The van der Waals surface area contributed by atoms with Gasteiger partial charge >= 0.3 is 6.03 Å². The predicted molar refractivity (Wildman–Crippen MR) is 113 cm³/mol. The van der Waals surface area contributed by atoms with E-state index in [1.54, 1.807) is 0 Å². The van der Waals surface area contributed by atoms with Crippen molar-refractivity contribution in [2.75, 3.05) is 12.4 Å². The number of hydrogen-bond acceptors (Lipinski definition) is 4. The third kappa shape index (κ3) is 5.84. The maximum Gasteiger partial charge on any atom is 0.321 e. The Labute approximate surface area is 169 Å². The van der Waals surface area contributed by atoms with Crippen LogP contribution >= 0.6 is 0 Å². The van der Waals surface area contributed by atoms with Crippen LogP contribution in [0.5, 0.6) is 5.75 Å². The van der Waals surface area contributed by atoms with Gasteiger partial charge in [-0.15, -0.1) is 0 Å². The molecule has 0 radical (unpaired) electrons. The highest BCUT2D eigenvalue weighted by molar-refractivity contribution is 5.98. The Morgan fingerprint density at radius 1 is 0.862 bits per heavy atom. The zero-order valence-corrected chi connectivity index (χ0v) is 16.1. The smallest absolute Gasteiger partial charge is 0.321 e. The van der Waals surface area contributed by atoms with Crippen molar-refractivity contribution in [3.63, 3.8) is 0 Å². The molecule has 0 heterocycles. The van der Waals surface area contributed by atoms with Crippen molar-refractivity contribution in [1.29, 1.82) is 0 Å². The van der Waals surface area contributed by atoms with Crippen LogP contribution in [0.1, 0.15) is 17.2 Å². The molecule has 148 valence electrons. The fraction of sp³-hybridized carbons (Fsp3) is 0.130. The number of hydrogen-bond donors (Lipinski definition) is 3. The fourth-order valence-corrected chi connectivity index (χ4v) is 2.75. The Balaban J connectivity index is 1.68. The number of carbonyl (C=O) groups excluding carboxylic acids is 2. The second-order valence-corrected chi connectivity index (χ2v) is 6.36. The van der Waals surface area contributed by atoms with Crippen LogP contribution in [0, 0.1) is 0 Å². The lowest BCUT2D eigenvalue weighted by molar-refractivity contribution is -0.120. The number of ether oxygens (including phenoxy) is 1. The average Bonchev–Trinajstić information content (AvgIpc) is 2.78. The monoisotopic (exact) mass is 389 g/mol. The number of rotatable bonds is 7. The molecule has 0 saturated heterocycles. The molecule has 3 N–H and O–H groups in total. The van der Waals surface area contributed by atoms with E-state index in [1.807, 2.05) is 84.9 Å². The molecule has 3 aromatic rings. The van der Waals surface area contributed by atoms with Gasteiger partial charge in [-0.05, 0) is 35.4 Å². The van der Waals surface area contributed by atoms with Crippen molar-refractivity contribution in [1.82, 2.24) is 10.6 Å². The summed E-state index contributed by atoms with van der Waals surface area (Å²) in [5.74, 6) is 0.283. The number of anilines is 1. The van der Waals surface area contributed by atoms with Crippen molar-refractivity contribution in [3.8, 4) is 5.75 Å². The van der Waals surface area contributed by atoms with Gasteiger partial charge in [0.05, 0.1) is 0 Å². The Bertz CT molecular complexity index is 929. The van der Waals surface area contributed by atoms with E-state index in [0.717, 1.165) is 22.6 Å². The van der Waals surface area contributed by atoms with E-state index in [4.69, 9.17) is 4.74 Å². The summed E-state index contributed by atoms with van der Waals surface area (Å²) in [6.07, 6.45) is 0. The number of amides is 3. The van der Waals surface area contributed by atoms with Crippen LogP contribution in [0.2, 0.25) is 0 Å². The number of carbonyl (C=O) groups is 2. The van der Waals surface area contributed by atoms with Gasteiger partial charge in [-0.1, -0.05) is 60.7 Å². The van der Waals surface area contributed by atoms with Gasteiger partial charge in [0.15, 0.2) is 0 Å². The molecule has 6 heteroatoms. The Hall–Kier alpha value is -3.80. The molecule has 29 heavy (non-hydrogen) atoms. The largest absolute Gasteiger partial charge is 0.489 e. The van der Waals surface area contributed by atoms with E-state index >= 15 is 0 Å². The Morgan fingerprint density at radius 3 is 2.10 bits per heavy atom. The molecule has 0 spiro atoms. The second-order valence-electron chi connectivity index (χ2n) is 6.36. The minimum atomic E-state index is -0.718. The van der Waals surface area contributed by atoms with Crippen molar-refractivity contribution in [2.24, 2.45) is 0 Å². The van der Waals surface area contributed by atoms with Crippen molar-refractivity contribution in [2.45, 2.75) is 12.6 Å². The summed E-state index contributed by atoms with van der Waals surface area (Å²) in [6.45, 7) is 0.481. The Morgan fingerprint density at radius 2 is 1.48 bits per heavy atom. The van der Waals surface area contributed by atoms with E-state index in [1.165, 1.54) is 7.05 Å². The molecule has 1 unspecified atom stereocenters. The van der Waals surface area contributed by atoms with E-state index < -0.39 is 18.0 Å². The summed E-state index contributed by atoms with van der Waals surface area (Å²) in [5, 5.41) is 7.89. The SMILES string of the molecule is CNC(=O)NC(=O)C(Nc1ccc(OCc2ccccc2)cc1)c1ccccc1. The summed E-state index contributed by atoms with van der Waals surface area (Å²) in [4.78, 5) is 24.1. The number of nitrogens with one attached hydrogen (secondary N) is 3. The molecule has 0 aliphatic rings. The summed E-state index contributed by atoms with van der Waals surface area (Å²) in [6, 6.07) is 25.2. The van der Waals surface area contributed by atoms with Crippen LogP contribution in [0.15, 0.2) is 84.9 Å². The maximum atomic E-state index is 12.6. The van der Waals surface area contributed by atoms with Gasteiger partial charge in [0.1, 0.15) is 18.4 Å². The highest BCUT2D eigenvalue weighted by atomic mass is 16.5. The third-order valence-corrected chi connectivity index (χ3v) is 4.27. The highest BCUT2D eigenvalue weighted by Crippen LogP contribution is 2.23. The molecule has 0 bridgehead atoms. The van der Waals surface area contributed by atoms with Crippen molar-refractivity contribution in [3.05, 3.63) is 96.1 Å². The maximum absolute atomic E-state index is 12.6. The lowest BCUT2D eigenvalue weighted by Crippen LogP contribution is -2.42. The first-order chi connectivity index (χ1) is 14.2. The normalized spacial score (nSPS) is 11.2. The zero-order chi connectivity index (χ0) is 20.5. The molecule has 6 nitrogen and oxygen atoms in total. The van der Waals surface area contributed by atoms with Crippen LogP contribution in [0.3, 0.4) is 0 Å². The molecule has 0 saturated carbocycles. The molecule has 1 atom stereocenters. The lowest BCUT2D eigenvalue weighted by Gasteiger charge is -2.19. The molecule has 3 aromatic carbocycles. The lowest BCUT2D eigenvalue weighted by atomic mass is 10.1. The van der Waals surface area contributed by atoms with Crippen molar-refractivity contribution >= 4 is 17.6 Å². The molecule has 0 fully saturated rings. The number of benzene rings is 3. The first-order valence-corrected chi connectivity index (χ1v) is 9.26. The minimum Gasteiger partial charge on any atom is -0.489 e. The van der Waals surface area contributed by atoms with Gasteiger partial charge in [-0.3, -0.25) is 10.1 Å². The van der Waals surface area contributed by atoms with Gasteiger partial charge in [-0.25, -0.2) is 4.79 Å². The molecular weight excluding hydrogens is 366 g/mol. The molecule has 0 aliphatic carbocycles. The van der Waals surface area contributed by atoms with Crippen molar-refractivity contribution < 1.29 is 14.3 Å². The number of imide groups is 1. The van der Waals surface area contributed by atoms with Crippen LogP contribution < -0.4 is 20.7 Å². The van der Waals surface area contributed by atoms with E-state index in [9.17, 15) is 9.59 Å². The summed E-state index contributed by atoms with van der Waals surface area (Å²) < 4.78 is 5.79. The molecule has 0 aliphatic heterocycles. The van der Waals surface area contributed by atoms with Gasteiger partial charge in [0, 0.05) is 12.7 Å². The van der Waals surface area contributed by atoms with E-state index in [2.05, 4.69) is 16.0 Å². The quantitative estimate of drug-likeness (QED) is 0.573. The first-order valence-electron chi connectivity index (χ1n) is 9.26. The second kappa shape index (κ2) is 9.94. The zero-order valence-electron chi connectivity index (χ0n) is 16.1. The average molecular weight is 389 g/mol. The molecular formula is C23H23N3O3. The summed E-state index contributed by atoms with van der Waals surface area (Å²) in [5.41, 5.74) is 2.57. The molecule has 3 amide bonds. The van der Waals surface area contributed by atoms with Gasteiger partial charge < -0.3 is 15.4 Å². The molecule has 0 aromatic heterocycles. The molecule has 3 rings (SSSR count). The van der Waals surface area contributed by atoms with Crippen LogP contribution in [0.25, 0.3) is 0 Å². The van der Waals surface area contributed by atoms with Crippen LogP contribution in [0.4, 0.5) is 10.5 Å². The van der Waals surface area contributed by atoms with E-state index in [0.29, 0.717) is 6.61 Å². The van der Waals surface area contributed by atoms with E-state index in [-0.39, 0.29) is 0 Å². The van der Waals surface area contributed by atoms with Crippen LogP contribution in [-0.4, -0.2) is 19.0 Å². The van der Waals surface area contributed by atoms with Gasteiger partial charge in [0.2, 0.25) is 0 Å². The number of urea groups is 1. The van der Waals surface area contributed by atoms with Gasteiger partial charge in [-0.2, -0.15) is 0 Å². The topological polar surface area (TPSA) is 79.5 Å². The van der Waals surface area contributed by atoms with Gasteiger partial charge in [0.25, 0.3) is 5.91 Å². The van der Waals surface area contributed by atoms with Crippen LogP contribution in [-0.2, 0) is 11.4 Å². The summed E-state index contributed by atoms with van der Waals surface area (Å²) in [7, 11) is 1.46. The standard InChI is InChI=1S/C23H23N3O3/c1-24-23(28)26-22(27)21(18-10-6-3-7-11-18)25-19-12-14-20(15-13-19)29-16-17-8-4-2-5-9-17/h2-15,21,25H,16H2,1H3,(H2,24,26,27,28). The third-order valence-electron chi connectivity index (χ3n) is 4.27.